The number of thioether (sulfide) groups is 1. The summed E-state index contributed by atoms with van der Waals surface area (Å²) in [5, 5.41) is 4.86. The number of aliphatic imine (C=N–C) groups is 1. The second kappa shape index (κ2) is 7.81. The van der Waals surface area contributed by atoms with Crippen molar-refractivity contribution in [1.29, 1.82) is 0 Å². The summed E-state index contributed by atoms with van der Waals surface area (Å²) >= 11 is 13.5. The lowest BCUT2D eigenvalue weighted by Gasteiger charge is -2.25. The first-order valence-corrected chi connectivity index (χ1v) is 9.66. The molecule has 0 saturated heterocycles. The van der Waals surface area contributed by atoms with Crippen molar-refractivity contribution >= 4 is 51.7 Å². The van der Waals surface area contributed by atoms with Crippen molar-refractivity contribution in [1.82, 2.24) is 4.90 Å². The maximum atomic E-state index is 12.8. The van der Waals surface area contributed by atoms with Crippen LogP contribution in [0.1, 0.15) is 32.6 Å². The fourth-order valence-electron chi connectivity index (χ4n) is 2.78. The summed E-state index contributed by atoms with van der Waals surface area (Å²) < 4.78 is 0. The number of anilines is 1. The zero-order valence-electron chi connectivity index (χ0n) is 13.4. The molecule has 0 aliphatic carbocycles. The van der Waals surface area contributed by atoms with Gasteiger partial charge in [0, 0.05) is 34.5 Å². The number of allylic oxidation sites excluding steroid dienone is 1. The molecule has 0 saturated carbocycles. The topological polar surface area (TPSA) is 44.7 Å². The molecule has 0 atom stereocenters. The van der Waals surface area contributed by atoms with Gasteiger partial charge in [0.25, 0.3) is 5.91 Å². The van der Waals surface area contributed by atoms with Crippen LogP contribution in [0.3, 0.4) is 0 Å². The van der Waals surface area contributed by atoms with E-state index in [-0.39, 0.29) is 5.91 Å². The van der Waals surface area contributed by atoms with Crippen molar-refractivity contribution in [3.05, 3.63) is 38.8 Å². The Hall–Kier alpha value is -1.17. The SMILES string of the molecule is CCCCC1=C(C(=O)Nc2cc(Cl)cc(Cl)c2)SC2=NCCCN21. The molecular formula is C17H19Cl2N3OS. The second-order valence-electron chi connectivity index (χ2n) is 5.76. The van der Waals surface area contributed by atoms with Crippen LogP contribution in [0.4, 0.5) is 5.69 Å². The zero-order valence-corrected chi connectivity index (χ0v) is 15.8. The minimum absolute atomic E-state index is 0.124. The molecule has 24 heavy (non-hydrogen) atoms. The van der Waals surface area contributed by atoms with Gasteiger partial charge >= 0.3 is 0 Å². The largest absolute Gasteiger partial charge is 0.323 e. The Morgan fingerprint density at radius 3 is 2.79 bits per heavy atom. The lowest BCUT2D eigenvalue weighted by molar-refractivity contribution is -0.112. The van der Waals surface area contributed by atoms with E-state index in [2.05, 4.69) is 22.1 Å². The van der Waals surface area contributed by atoms with Crippen molar-refractivity contribution in [3.8, 4) is 0 Å². The van der Waals surface area contributed by atoms with Gasteiger partial charge in [0.2, 0.25) is 0 Å². The van der Waals surface area contributed by atoms with Crippen LogP contribution in [0.5, 0.6) is 0 Å². The Balaban J connectivity index is 1.84. The molecule has 2 aliphatic heterocycles. The molecule has 0 aromatic heterocycles. The number of benzene rings is 1. The van der Waals surface area contributed by atoms with Crippen molar-refractivity contribution in [3.63, 3.8) is 0 Å². The van der Waals surface area contributed by atoms with Gasteiger partial charge in [-0.2, -0.15) is 0 Å². The number of carbonyl (C=O) groups excluding carboxylic acids is 1. The van der Waals surface area contributed by atoms with Gasteiger partial charge in [-0.25, -0.2) is 0 Å². The Bertz CT molecular complexity index is 698. The van der Waals surface area contributed by atoms with Gasteiger partial charge in [-0.05, 0) is 49.2 Å². The number of hydrogen-bond acceptors (Lipinski definition) is 4. The number of nitrogens with one attached hydrogen (secondary N) is 1. The van der Waals surface area contributed by atoms with Gasteiger partial charge in [0.15, 0.2) is 5.17 Å². The Morgan fingerprint density at radius 2 is 2.08 bits per heavy atom. The van der Waals surface area contributed by atoms with E-state index in [4.69, 9.17) is 23.2 Å². The van der Waals surface area contributed by atoms with Gasteiger partial charge < -0.3 is 10.2 Å². The first kappa shape index (κ1) is 17.6. The molecule has 3 rings (SSSR count). The maximum absolute atomic E-state index is 12.8. The van der Waals surface area contributed by atoms with Crippen molar-refractivity contribution in [2.45, 2.75) is 32.6 Å². The van der Waals surface area contributed by atoms with Crippen LogP contribution < -0.4 is 5.32 Å². The monoisotopic (exact) mass is 383 g/mol. The van der Waals surface area contributed by atoms with Crippen LogP contribution in [-0.2, 0) is 4.79 Å². The summed E-state index contributed by atoms with van der Waals surface area (Å²) in [6.45, 7) is 3.92. The quantitative estimate of drug-likeness (QED) is 0.764. The lowest BCUT2D eigenvalue weighted by atomic mass is 10.1. The summed E-state index contributed by atoms with van der Waals surface area (Å²) in [7, 11) is 0. The molecular weight excluding hydrogens is 365 g/mol. The highest BCUT2D eigenvalue weighted by Crippen LogP contribution is 2.39. The normalized spacial score (nSPS) is 17.0. The zero-order chi connectivity index (χ0) is 17.1. The number of rotatable bonds is 5. The fourth-order valence-corrected chi connectivity index (χ4v) is 4.43. The minimum Gasteiger partial charge on any atom is -0.323 e. The highest BCUT2D eigenvalue weighted by atomic mass is 35.5. The van der Waals surface area contributed by atoms with Gasteiger partial charge in [-0.15, -0.1) is 0 Å². The predicted molar refractivity (Wildman–Crippen MR) is 103 cm³/mol. The molecule has 0 unspecified atom stereocenters. The van der Waals surface area contributed by atoms with E-state index in [1.54, 1.807) is 18.2 Å². The smallest absolute Gasteiger partial charge is 0.264 e. The number of unbranched alkanes of at least 4 members (excludes halogenated alkanes) is 1. The molecule has 0 radical (unpaired) electrons. The van der Waals surface area contributed by atoms with Crippen molar-refractivity contribution < 1.29 is 4.79 Å². The molecule has 7 heteroatoms. The van der Waals surface area contributed by atoms with Crippen LogP contribution >= 0.6 is 35.0 Å². The number of hydrogen-bond donors (Lipinski definition) is 1. The average molecular weight is 384 g/mol. The number of amides is 1. The molecule has 128 valence electrons. The van der Waals surface area contributed by atoms with E-state index >= 15 is 0 Å². The molecule has 2 aliphatic rings. The third kappa shape index (κ3) is 3.90. The summed E-state index contributed by atoms with van der Waals surface area (Å²) in [4.78, 5) is 20.3. The predicted octanol–water partition coefficient (Wildman–Crippen LogP) is 5.14. The number of fused-ring (bicyclic) bond motifs is 1. The highest BCUT2D eigenvalue weighted by Gasteiger charge is 2.33. The second-order valence-corrected chi connectivity index (χ2v) is 7.61. The van der Waals surface area contributed by atoms with Gasteiger partial charge in [0.1, 0.15) is 0 Å². The molecule has 0 fully saturated rings. The number of halogens is 2. The van der Waals surface area contributed by atoms with E-state index < -0.39 is 0 Å². The molecule has 1 N–H and O–H groups in total. The number of carbonyl (C=O) groups is 1. The molecule has 0 bridgehead atoms. The summed E-state index contributed by atoms with van der Waals surface area (Å²) in [5.74, 6) is -0.124. The van der Waals surface area contributed by atoms with E-state index in [1.807, 2.05) is 0 Å². The van der Waals surface area contributed by atoms with Crippen molar-refractivity contribution in [2.75, 3.05) is 18.4 Å². The fraction of sp³-hybridized carbons (Fsp3) is 0.412. The molecule has 1 aromatic carbocycles. The third-order valence-corrected chi connectivity index (χ3v) is 5.49. The van der Waals surface area contributed by atoms with Gasteiger partial charge in [-0.3, -0.25) is 9.79 Å². The third-order valence-electron chi connectivity index (χ3n) is 3.89. The Kier molecular flexibility index (Phi) is 5.74. The maximum Gasteiger partial charge on any atom is 0.264 e. The van der Waals surface area contributed by atoms with Crippen LogP contribution in [0, 0.1) is 0 Å². The molecule has 4 nitrogen and oxygen atoms in total. The van der Waals surface area contributed by atoms with Crippen molar-refractivity contribution in [2.24, 2.45) is 4.99 Å². The van der Waals surface area contributed by atoms with E-state index in [0.29, 0.717) is 15.7 Å². The van der Waals surface area contributed by atoms with Crippen LogP contribution in [-0.4, -0.2) is 29.1 Å². The molecule has 0 spiro atoms. The number of nitrogens with zero attached hydrogens (tertiary/aromatic N) is 2. The molecule has 1 aromatic rings. The first-order valence-electron chi connectivity index (χ1n) is 8.09. The minimum atomic E-state index is -0.124. The Labute approximate surface area is 156 Å². The van der Waals surface area contributed by atoms with Gasteiger partial charge in [0.05, 0.1) is 4.91 Å². The van der Waals surface area contributed by atoms with Crippen LogP contribution in [0.15, 0.2) is 33.8 Å². The average Bonchev–Trinajstić information content (AvgIpc) is 2.90. The van der Waals surface area contributed by atoms with E-state index in [1.165, 1.54) is 11.8 Å². The highest BCUT2D eigenvalue weighted by molar-refractivity contribution is 8.18. The first-order chi connectivity index (χ1) is 11.6. The van der Waals surface area contributed by atoms with Crippen LogP contribution in [0.25, 0.3) is 0 Å². The van der Waals surface area contributed by atoms with E-state index in [0.717, 1.165) is 54.5 Å². The standard InChI is InChI=1S/C17H19Cl2N3OS/c1-2-3-5-14-15(24-17-20-6-4-7-22(14)17)16(23)21-13-9-11(18)8-12(19)10-13/h8-10H,2-7H2,1H3,(H,21,23). The Morgan fingerprint density at radius 1 is 1.33 bits per heavy atom. The lowest BCUT2D eigenvalue weighted by Crippen LogP contribution is -2.29. The summed E-state index contributed by atoms with van der Waals surface area (Å²) in [5.41, 5.74) is 1.69. The summed E-state index contributed by atoms with van der Waals surface area (Å²) in [6, 6.07) is 5.04. The number of amidine groups is 1. The van der Waals surface area contributed by atoms with Crippen LogP contribution in [0.2, 0.25) is 10.0 Å². The molecule has 2 heterocycles. The molecule has 1 amide bonds. The van der Waals surface area contributed by atoms with E-state index in [9.17, 15) is 4.79 Å². The van der Waals surface area contributed by atoms with Gasteiger partial charge in [-0.1, -0.05) is 36.5 Å². The summed E-state index contributed by atoms with van der Waals surface area (Å²) in [6.07, 6.45) is 4.06.